The Morgan fingerprint density at radius 1 is 1.14 bits per heavy atom. The molecule has 1 aliphatic heterocycles. The fraction of sp³-hybridized carbons (Fsp3) is 0.524. The van der Waals surface area contributed by atoms with Gasteiger partial charge < -0.3 is 15.0 Å². The molecule has 0 atom stereocenters. The second kappa shape index (κ2) is 11.4. The van der Waals surface area contributed by atoms with Gasteiger partial charge in [-0.1, -0.05) is 18.2 Å². The lowest BCUT2D eigenvalue weighted by Crippen LogP contribution is -2.40. The van der Waals surface area contributed by atoms with Gasteiger partial charge in [0.2, 0.25) is 0 Å². The SMILES string of the molecule is COCCn1nc(C)c(CN=C(Nc2ccccc2)N2CCCCC2)c1C.I. The van der Waals surface area contributed by atoms with Crippen LogP contribution in [0, 0.1) is 13.8 Å². The molecule has 1 aromatic carbocycles. The summed E-state index contributed by atoms with van der Waals surface area (Å²) < 4.78 is 7.21. The van der Waals surface area contributed by atoms with Gasteiger partial charge in [-0.15, -0.1) is 24.0 Å². The van der Waals surface area contributed by atoms with Crippen molar-refractivity contribution in [1.29, 1.82) is 0 Å². The fourth-order valence-electron chi connectivity index (χ4n) is 3.49. The summed E-state index contributed by atoms with van der Waals surface area (Å²) in [6, 6.07) is 10.3. The molecule has 2 heterocycles. The third-order valence-electron chi connectivity index (χ3n) is 5.11. The quantitative estimate of drug-likeness (QED) is 0.369. The van der Waals surface area contributed by atoms with Crippen molar-refractivity contribution in [2.45, 2.75) is 46.2 Å². The Labute approximate surface area is 185 Å². The van der Waals surface area contributed by atoms with E-state index >= 15 is 0 Å². The molecular weight excluding hydrogens is 465 g/mol. The Hall–Kier alpha value is -1.61. The van der Waals surface area contributed by atoms with E-state index in [-0.39, 0.29) is 24.0 Å². The Kier molecular flexibility index (Phi) is 9.24. The molecule has 6 nitrogen and oxygen atoms in total. The van der Waals surface area contributed by atoms with E-state index in [0.717, 1.165) is 37.0 Å². The Morgan fingerprint density at radius 2 is 1.86 bits per heavy atom. The number of nitrogens with one attached hydrogen (secondary N) is 1. The molecule has 0 unspecified atom stereocenters. The number of hydrogen-bond donors (Lipinski definition) is 1. The molecule has 0 spiro atoms. The Morgan fingerprint density at radius 3 is 2.54 bits per heavy atom. The van der Waals surface area contributed by atoms with Crippen LogP contribution in [-0.2, 0) is 17.8 Å². The van der Waals surface area contributed by atoms with E-state index in [1.54, 1.807) is 7.11 Å². The number of ether oxygens (including phenoxy) is 1. The third kappa shape index (κ3) is 5.94. The highest BCUT2D eigenvalue weighted by Crippen LogP contribution is 2.17. The molecule has 0 bridgehead atoms. The van der Waals surface area contributed by atoms with E-state index in [1.165, 1.54) is 30.5 Å². The van der Waals surface area contributed by atoms with Crippen molar-refractivity contribution in [3.05, 3.63) is 47.3 Å². The zero-order valence-electron chi connectivity index (χ0n) is 17.1. The van der Waals surface area contributed by atoms with Gasteiger partial charge in [0.15, 0.2) is 5.96 Å². The van der Waals surface area contributed by atoms with Crippen LogP contribution in [0.1, 0.15) is 36.2 Å². The number of halogens is 1. The monoisotopic (exact) mass is 497 g/mol. The number of nitrogens with zero attached hydrogens (tertiary/aromatic N) is 4. The molecular formula is C21H32IN5O. The normalized spacial score (nSPS) is 14.7. The molecule has 7 heteroatoms. The van der Waals surface area contributed by atoms with Gasteiger partial charge in [-0.2, -0.15) is 5.10 Å². The van der Waals surface area contributed by atoms with Crippen molar-refractivity contribution < 1.29 is 4.74 Å². The van der Waals surface area contributed by atoms with Crippen LogP contribution in [-0.4, -0.2) is 47.4 Å². The van der Waals surface area contributed by atoms with Crippen LogP contribution in [0.4, 0.5) is 5.69 Å². The smallest absolute Gasteiger partial charge is 0.198 e. The predicted molar refractivity (Wildman–Crippen MR) is 126 cm³/mol. The van der Waals surface area contributed by atoms with Crippen LogP contribution in [0.3, 0.4) is 0 Å². The summed E-state index contributed by atoms with van der Waals surface area (Å²) in [6.07, 6.45) is 3.75. The number of guanidine groups is 1. The number of piperidine rings is 1. The number of anilines is 1. The van der Waals surface area contributed by atoms with Gasteiger partial charge in [0.25, 0.3) is 0 Å². The maximum Gasteiger partial charge on any atom is 0.198 e. The second-order valence-corrected chi connectivity index (χ2v) is 7.04. The van der Waals surface area contributed by atoms with Crippen LogP contribution in [0.2, 0.25) is 0 Å². The lowest BCUT2D eigenvalue weighted by Gasteiger charge is -2.30. The number of aryl methyl sites for hydroxylation is 1. The second-order valence-electron chi connectivity index (χ2n) is 7.04. The number of likely N-dealkylation sites (tertiary alicyclic amines) is 1. The average molecular weight is 497 g/mol. The maximum atomic E-state index is 5.19. The lowest BCUT2D eigenvalue weighted by molar-refractivity contribution is 0.182. The van der Waals surface area contributed by atoms with Crippen LogP contribution in [0.15, 0.2) is 35.3 Å². The molecule has 0 amide bonds. The number of methoxy groups -OCH3 is 1. The highest BCUT2D eigenvalue weighted by molar-refractivity contribution is 14.0. The Bertz CT molecular complexity index is 754. The van der Waals surface area contributed by atoms with Crippen molar-refractivity contribution in [3.8, 4) is 0 Å². The number of aromatic nitrogens is 2. The summed E-state index contributed by atoms with van der Waals surface area (Å²) in [5.74, 6) is 0.962. The summed E-state index contributed by atoms with van der Waals surface area (Å²) in [6.45, 7) is 8.37. The largest absolute Gasteiger partial charge is 0.383 e. The van der Waals surface area contributed by atoms with E-state index in [1.807, 2.05) is 22.9 Å². The first kappa shape index (κ1) is 22.7. The summed E-state index contributed by atoms with van der Waals surface area (Å²) >= 11 is 0. The topological polar surface area (TPSA) is 54.7 Å². The Balaban J connectivity index is 0.00000280. The van der Waals surface area contributed by atoms with Crippen LogP contribution < -0.4 is 5.32 Å². The molecule has 2 aromatic rings. The molecule has 0 saturated carbocycles. The first-order valence-electron chi connectivity index (χ1n) is 9.82. The van der Waals surface area contributed by atoms with Crippen LogP contribution in [0.25, 0.3) is 0 Å². The highest BCUT2D eigenvalue weighted by atomic mass is 127. The van der Waals surface area contributed by atoms with Crippen LogP contribution >= 0.6 is 24.0 Å². The lowest BCUT2D eigenvalue weighted by atomic mass is 10.1. The zero-order valence-corrected chi connectivity index (χ0v) is 19.5. The molecule has 28 heavy (non-hydrogen) atoms. The van der Waals surface area contributed by atoms with Gasteiger partial charge in [-0.05, 0) is 45.2 Å². The van der Waals surface area contributed by atoms with E-state index in [4.69, 9.17) is 9.73 Å². The molecule has 1 aromatic heterocycles. The van der Waals surface area contributed by atoms with Gasteiger partial charge in [0, 0.05) is 37.1 Å². The molecule has 1 N–H and O–H groups in total. The zero-order chi connectivity index (χ0) is 19.1. The molecule has 1 fully saturated rings. The van der Waals surface area contributed by atoms with E-state index in [0.29, 0.717) is 13.2 Å². The predicted octanol–water partition coefficient (Wildman–Crippen LogP) is 4.22. The van der Waals surface area contributed by atoms with E-state index in [9.17, 15) is 0 Å². The summed E-state index contributed by atoms with van der Waals surface area (Å²) in [5.41, 5.74) is 4.50. The first-order chi connectivity index (χ1) is 13.2. The number of hydrogen-bond acceptors (Lipinski definition) is 3. The van der Waals surface area contributed by atoms with Crippen molar-refractivity contribution >= 4 is 35.6 Å². The number of aliphatic imine (C=N–C) groups is 1. The van der Waals surface area contributed by atoms with Gasteiger partial charge in [-0.3, -0.25) is 4.68 Å². The molecule has 0 radical (unpaired) electrons. The van der Waals surface area contributed by atoms with Gasteiger partial charge in [0.1, 0.15) is 0 Å². The molecule has 0 aliphatic carbocycles. The minimum absolute atomic E-state index is 0. The number of benzene rings is 1. The fourth-order valence-corrected chi connectivity index (χ4v) is 3.49. The van der Waals surface area contributed by atoms with Gasteiger partial charge in [-0.25, -0.2) is 4.99 Å². The van der Waals surface area contributed by atoms with Gasteiger partial charge in [0.05, 0.1) is 25.4 Å². The minimum Gasteiger partial charge on any atom is -0.383 e. The minimum atomic E-state index is 0. The van der Waals surface area contributed by atoms with Crippen molar-refractivity contribution in [1.82, 2.24) is 14.7 Å². The van der Waals surface area contributed by atoms with Crippen molar-refractivity contribution in [2.75, 3.05) is 32.1 Å². The molecule has 154 valence electrons. The van der Waals surface area contributed by atoms with Crippen LogP contribution in [0.5, 0.6) is 0 Å². The van der Waals surface area contributed by atoms with Crippen molar-refractivity contribution in [3.63, 3.8) is 0 Å². The standard InChI is InChI=1S/C21H31N5O.HI/c1-17-20(18(2)26(24-17)14-15-27-3)16-22-21(25-12-8-5-9-13-25)23-19-10-6-4-7-11-19;/h4,6-7,10-11H,5,8-9,12-16H2,1-3H3,(H,22,23);1H. The average Bonchev–Trinajstić information content (AvgIpc) is 2.98. The summed E-state index contributed by atoms with van der Waals surface area (Å²) in [4.78, 5) is 7.35. The maximum absolute atomic E-state index is 5.19. The third-order valence-corrected chi connectivity index (χ3v) is 5.11. The first-order valence-corrected chi connectivity index (χ1v) is 9.82. The van der Waals surface area contributed by atoms with Gasteiger partial charge >= 0.3 is 0 Å². The summed E-state index contributed by atoms with van der Waals surface area (Å²) in [5, 5.41) is 8.18. The number of rotatable bonds is 6. The van der Waals surface area contributed by atoms with E-state index < -0.39 is 0 Å². The number of para-hydroxylation sites is 1. The molecule has 1 saturated heterocycles. The molecule has 1 aliphatic rings. The molecule has 3 rings (SSSR count). The summed E-state index contributed by atoms with van der Waals surface area (Å²) in [7, 11) is 1.72. The van der Waals surface area contributed by atoms with Crippen molar-refractivity contribution in [2.24, 2.45) is 4.99 Å². The highest BCUT2D eigenvalue weighted by Gasteiger charge is 2.16. The van der Waals surface area contributed by atoms with E-state index in [2.05, 4.69) is 41.3 Å².